The van der Waals surface area contributed by atoms with Crippen LogP contribution in [0.2, 0.25) is 0 Å². The highest BCUT2D eigenvalue weighted by Gasteiger charge is 2.22. The Bertz CT molecular complexity index is 748. The number of hydrogen-bond donors (Lipinski definition) is 1. The van der Waals surface area contributed by atoms with Crippen LogP contribution in [-0.4, -0.2) is 53.9 Å². The van der Waals surface area contributed by atoms with Gasteiger partial charge in [0.2, 0.25) is 0 Å². The highest BCUT2D eigenvalue weighted by Crippen LogP contribution is 2.30. The molecule has 0 aliphatic carbocycles. The maximum absolute atomic E-state index is 12.1. The van der Waals surface area contributed by atoms with Gasteiger partial charge in [-0.1, -0.05) is 30.0 Å². The van der Waals surface area contributed by atoms with E-state index in [1.807, 2.05) is 12.1 Å². The number of nitrogens with zero attached hydrogens (tertiary/aromatic N) is 1. The van der Waals surface area contributed by atoms with Gasteiger partial charge < -0.3 is 19.7 Å². The zero-order valence-corrected chi connectivity index (χ0v) is 16.3. The molecular formula is C16H15BrN2O4S2. The first-order valence-corrected chi connectivity index (χ1v) is 9.57. The van der Waals surface area contributed by atoms with E-state index in [-0.39, 0.29) is 18.4 Å². The number of nitrogens with one attached hydrogen (secondary N) is 1. The molecule has 0 spiro atoms. The molecule has 1 aromatic rings. The number of thiocarbonyl (C=S) groups is 1. The van der Waals surface area contributed by atoms with Crippen molar-refractivity contribution in [2.75, 3.05) is 32.9 Å². The summed E-state index contributed by atoms with van der Waals surface area (Å²) in [6, 6.07) is 5.41. The van der Waals surface area contributed by atoms with Gasteiger partial charge in [0, 0.05) is 13.1 Å². The quantitative estimate of drug-likeness (QED) is 0.569. The number of rotatable bonds is 4. The van der Waals surface area contributed by atoms with Crippen LogP contribution in [-0.2, 0) is 14.3 Å². The minimum Gasteiger partial charge on any atom is -0.483 e. The normalized spacial score (nSPS) is 19.2. The molecule has 0 bridgehead atoms. The number of ether oxygens (including phenoxy) is 2. The second kappa shape index (κ2) is 8.31. The zero-order valence-electron chi connectivity index (χ0n) is 13.1. The molecule has 1 N–H and O–H groups in total. The van der Waals surface area contributed by atoms with Crippen molar-refractivity contribution in [3.8, 4) is 5.75 Å². The molecule has 3 rings (SSSR count). The molecule has 132 valence electrons. The van der Waals surface area contributed by atoms with Crippen molar-refractivity contribution < 1.29 is 19.1 Å². The lowest BCUT2D eigenvalue weighted by Crippen LogP contribution is -2.43. The van der Waals surface area contributed by atoms with Gasteiger partial charge in [-0.15, -0.1) is 0 Å². The number of hydrogen-bond acceptors (Lipinski definition) is 6. The number of thioether (sulfide) groups is 1. The first-order valence-electron chi connectivity index (χ1n) is 7.55. The molecule has 2 heterocycles. The predicted octanol–water partition coefficient (Wildman–Crippen LogP) is 2.18. The smallest absolute Gasteiger partial charge is 0.263 e. The van der Waals surface area contributed by atoms with E-state index in [9.17, 15) is 9.59 Å². The fourth-order valence-corrected chi connectivity index (χ4v) is 3.90. The summed E-state index contributed by atoms with van der Waals surface area (Å²) in [5.74, 6) is 0.319. The number of benzene rings is 1. The standard InChI is InChI=1S/C16H15BrN2O4S2/c17-11-7-10(8-13-15(21)18-16(24)25-13)1-2-12(11)23-9-14(20)19-3-5-22-6-4-19/h1-2,7-8H,3-6,9H2,(H,18,21,24)/b13-8+. The molecule has 2 fully saturated rings. The second-order valence-electron chi connectivity index (χ2n) is 5.32. The van der Waals surface area contributed by atoms with Crippen LogP contribution in [0.5, 0.6) is 5.75 Å². The van der Waals surface area contributed by atoms with E-state index in [0.29, 0.717) is 45.8 Å². The number of halogens is 1. The molecular weight excluding hydrogens is 428 g/mol. The molecule has 2 amide bonds. The van der Waals surface area contributed by atoms with Gasteiger partial charge in [0.1, 0.15) is 10.1 Å². The minimum atomic E-state index is -0.192. The van der Waals surface area contributed by atoms with Crippen molar-refractivity contribution in [3.63, 3.8) is 0 Å². The summed E-state index contributed by atoms with van der Waals surface area (Å²) in [7, 11) is 0. The third-order valence-corrected chi connectivity index (χ3v) is 5.39. The van der Waals surface area contributed by atoms with Gasteiger partial charge in [-0.25, -0.2) is 0 Å². The van der Waals surface area contributed by atoms with Crippen molar-refractivity contribution in [1.29, 1.82) is 0 Å². The Balaban J connectivity index is 1.62. The number of carbonyl (C=O) groups is 2. The zero-order chi connectivity index (χ0) is 17.8. The van der Waals surface area contributed by atoms with E-state index >= 15 is 0 Å². The molecule has 0 unspecified atom stereocenters. The molecule has 9 heteroatoms. The van der Waals surface area contributed by atoms with Crippen molar-refractivity contribution in [1.82, 2.24) is 10.2 Å². The van der Waals surface area contributed by atoms with E-state index in [1.165, 1.54) is 11.8 Å². The van der Waals surface area contributed by atoms with Crippen LogP contribution in [0.3, 0.4) is 0 Å². The third-order valence-electron chi connectivity index (χ3n) is 3.61. The number of morpholine rings is 1. The summed E-state index contributed by atoms with van der Waals surface area (Å²) < 4.78 is 12.0. The van der Waals surface area contributed by atoms with Gasteiger partial charge in [0.25, 0.3) is 11.8 Å². The SMILES string of the molecule is O=C1NC(=S)S/C1=C/c1ccc(OCC(=O)N2CCOCC2)c(Br)c1. The Morgan fingerprint density at radius 1 is 1.44 bits per heavy atom. The summed E-state index contributed by atoms with van der Waals surface area (Å²) in [6.07, 6.45) is 1.76. The van der Waals surface area contributed by atoms with Crippen LogP contribution in [0.15, 0.2) is 27.6 Å². The van der Waals surface area contributed by atoms with Crippen LogP contribution in [0, 0.1) is 0 Å². The molecule has 6 nitrogen and oxygen atoms in total. The van der Waals surface area contributed by atoms with Gasteiger partial charge in [-0.2, -0.15) is 0 Å². The van der Waals surface area contributed by atoms with E-state index in [1.54, 1.807) is 17.0 Å². The van der Waals surface area contributed by atoms with Crippen molar-refractivity contribution >= 4 is 62.1 Å². The minimum absolute atomic E-state index is 0.0223. The molecule has 25 heavy (non-hydrogen) atoms. The summed E-state index contributed by atoms with van der Waals surface area (Å²) in [6.45, 7) is 2.29. The van der Waals surface area contributed by atoms with Gasteiger partial charge in [0.05, 0.1) is 22.6 Å². The fraction of sp³-hybridized carbons (Fsp3) is 0.312. The predicted molar refractivity (Wildman–Crippen MR) is 103 cm³/mol. The van der Waals surface area contributed by atoms with Gasteiger partial charge in [-0.3, -0.25) is 9.59 Å². The Morgan fingerprint density at radius 2 is 2.20 bits per heavy atom. The van der Waals surface area contributed by atoms with Crippen molar-refractivity contribution in [2.24, 2.45) is 0 Å². The Labute approximate surface area is 163 Å². The monoisotopic (exact) mass is 442 g/mol. The van der Waals surface area contributed by atoms with Crippen LogP contribution in [0.25, 0.3) is 6.08 Å². The molecule has 2 aliphatic rings. The van der Waals surface area contributed by atoms with E-state index in [0.717, 1.165) is 5.56 Å². The highest BCUT2D eigenvalue weighted by molar-refractivity contribution is 9.10. The Morgan fingerprint density at radius 3 is 2.84 bits per heavy atom. The van der Waals surface area contributed by atoms with Crippen LogP contribution < -0.4 is 10.1 Å². The van der Waals surface area contributed by atoms with E-state index in [2.05, 4.69) is 21.2 Å². The highest BCUT2D eigenvalue weighted by atomic mass is 79.9. The number of carbonyl (C=O) groups excluding carboxylic acids is 2. The fourth-order valence-electron chi connectivity index (χ4n) is 2.34. The molecule has 2 saturated heterocycles. The first-order chi connectivity index (χ1) is 12.0. The van der Waals surface area contributed by atoms with Crippen LogP contribution >= 0.6 is 39.9 Å². The van der Waals surface area contributed by atoms with Crippen LogP contribution in [0.1, 0.15) is 5.56 Å². The molecule has 0 aromatic heterocycles. The molecule has 0 radical (unpaired) electrons. The lowest BCUT2D eigenvalue weighted by molar-refractivity contribution is -0.137. The van der Waals surface area contributed by atoms with Gasteiger partial charge in [0.15, 0.2) is 6.61 Å². The lowest BCUT2D eigenvalue weighted by Gasteiger charge is -2.26. The van der Waals surface area contributed by atoms with Crippen LogP contribution in [0.4, 0.5) is 0 Å². The maximum atomic E-state index is 12.1. The lowest BCUT2D eigenvalue weighted by atomic mass is 10.2. The summed E-state index contributed by atoms with van der Waals surface area (Å²) in [5, 5.41) is 2.58. The number of amides is 2. The average Bonchev–Trinajstić information content (AvgIpc) is 2.92. The maximum Gasteiger partial charge on any atom is 0.263 e. The summed E-state index contributed by atoms with van der Waals surface area (Å²) in [4.78, 5) is 26.1. The molecule has 0 saturated carbocycles. The molecule has 1 aromatic carbocycles. The van der Waals surface area contributed by atoms with E-state index in [4.69, 9.17) is 21.7 Å². The Kier molecular flexibility index (Phi) is 6.10. The first kappa shape index (κ1) is 18.4. The second-order valence-corrected chi connectivity index (χ2v) is 7.90. The van der Waals surface area contributed by atoms with Gasteiger partial charge in [-0.05, 0) is 39.7 Å². The largest absolute Gasteiger partial charge is 0.483 e. The van der Waals surface area contributed by atoms with Crippen molar-refractivity contribution in [3.05, 3.63) is 33.1 Å². The average molecular weight is 443 g/mol. The Hall–Kier alpha value is -1.42. The van der Waals surface area contributed by atoms with Crippen molar-refractivity contribution in [2.45, 2.75) is 0 Å². The third kappa shape index (κ3) is 4.81. The topological polar surface area (TPSA) is 67.9 Å². The summed E-state index contributed by atoms with van der Waals surface area (Å²) >= 11 is 9.64. The van der Waals surface area contributed by atoms with Gasteiger partial charge >= 0.3 is 0 Å². The van der Waals surface area contributed by atoms with E-state index < -0.39 is 0 Å². The molecule has 2 aliphatic heterocycles. The summed E-state index contributed by atoms with van der Waals surface area (Å²) in [5.41, 5.74) is 0.834. The molecule has 0 atom stereocenters.